The molecular weight excluding hydrogens is 495 g/mol. The molecule has 1 atom stereocenters. The van der Waals surface area contributed by atoms with Crippen LogP contribution in [0, 0.1) is 0 Å². The van der Waals surface area contributed by atoms with Gasteiger partial charge in [0, 0.05) is 19.5 Å². The standard InChI is InChI=1S/C22H36N4O3.HI/c1-4-23-22(24-14-6-5-9-21(27)29-3)25-17-20(26-15-7-8-16-26)18-10-12-19(28-2)13-11-18;/h10-13,20H,4-9,14-17H2,1-3H3,(H2,23,24,25);1H. The summed E-state index contributed by atoms with van der Waals surface area (Å²) in [5, 5.41) is 6.69. The van der Waals surface area contributed by atoms with Gasteiger partial charge < -0.3 is 20.1 Å². The molecule has 0 radical (unpaired) electrons. The van der Waals surface area contributed by atoms with Crippen molar-refractivity contribution in [3.63, 3.8) is 0 Å². The van der Waals surface area contributed by atoms with Crippen LogP contribution in [0.3, 0.4) is 0 Å². The Morgan fingerprint density at radius 2 is 1.83 bits per heavy atom. The molecule has 0 spiro atoms. The molecule has 1 heterocycles. The molecule has 0 bridgehead atoms. The largest absolute Gasteiger partial charge is 0.497 e. The minimum Gasteiger partial charge on any atom is -0.497 e. The number of methoxy groups -OCH3 is 2. The molecule has 30 heavy (non-hydrogen) atoms. The van der Waals surface area contributed by atoms with Crippen LogP contribution in [-0.4, -0.2) is 63.8 Å². The number of esters is 1. The topological polar surface area (TPSA) is 75.2 Å². The van der Waals surface area contributed by atoms with Crippen molar-refractivity contribution in [2.45, 2.75) is 45.1 Å². The van der Waals surface area contributed by atoms with E-state index in [4.69, 9.17) is 9.73 Å². The van der Waals surface area contributed by atoms with E-state index in [1.807, 2.05) is 12.1 Å². The first-order chi connectivity index (χ1) is 14.2. The van der Waals surface area contributed by atoms with Crippen molar-refractivity contribution < 1.29 is 14.3 Å². The van der Waals surface area contributed by atoms with Crippen LogP contribution in [-0.2, 0) is 9.53 Å². The van der Waals surface area contributed by atoms with E-state index in [-0.39, 0.29) is 36.0 Å². The van der Waals surface area contributed by atoms with Crippen LogP contribution >= 0.6 is 24.0 Å². The molecule has 7 nitrogen and oxygen atoms in total. The number of aliphatic imine (C=N–C) groups is 1. The third kappa shape index (κ3) is 9.07. The number of unbranched alkanes of at least 4 members (excludes halogenated alkanes) is 1. The van der Waals surface area contributed by atoms with E-state index in [0.29, 0.717) is 13.0 Å². The Bertz CT molecular complexity index is 634. The fraction of sp³-hybridized carbons (Fsp3) is 0.636. The Labute approximate surface area is 198 Å². The van der Waals surface area contributed by atoms with E-state index >= 15 is 0 Å². The molecule has 2 N–H and O–H groups in total. The van der Waals surface area contributed by atoms with Crippen molar-refractivity contribution in [3.05, 3.63) is 29.8 Å². The summed E-state index contributed by atoms with van der Waals surface area (Å²) >= 11 is 0. The zero-order valence-electron chi connectivity index (χ0n) is 18.5. The van der Waals surface area contributed by atoms with Crippen molar-refractivity contribution in [2.24, 2.45) is 4.99 Å². The Hall–Kier alpha value is -1.55. The van der Waals surface area contributed by atoms with Gasteiger partial charge in [-0.3, -0.25) is 14.7 Å². The highest BCUT2D eigenvalue weighted by Gasteiger charge is 2.23. The predicted molar refractivity (Wildman–Crippen MR) is 132 cm³/mol. The van der Waals surface area contributed by atoms with E-state index in [1.54, 1.807) is 7.11 Å². The number of carbonyl (C=O) groups is 1. The normalized spacial score (nSPS) is 15.2. The lowest BCUT2D eigenvalue weighted by molar-refractivity contribution is -0.140. The molecule has 1 aromatic carbocycles. The van der Waals surface area contributed by atoms with E-state index in [0.717, 1.165) is 50.7 Å². The maximum Gasteiger partial charge on any atom is 0.305 e. The number of guanidine groups is 1. The van der Waals surface area contributed by atoms with Gasteiger partial charge in [0.2, 0.25) is 0 Å². The smallest absolute Gasteiger partial charge is 0.305 e. The molecule has 170 valence electrons. The van der Waals surface area contributed by atoms with Crippen molar-refractivity contribution in [1.82, 2.24) is 15.5 Å². The van der Waals surface area contributed by atoms with Gasteiger partial charge in [-0.25, -0.2) is 0 Å². The van der Waals surface area contributed by atoms with Gasteiger partial charge in [0.1, 0.15) is 5.75 Å². The summed E-state index contributed by atoms with van der Waals surface area (Å²) in [6.45, 7) is 6.58. The van der Waals surface area contributed by atoms with Gasteiger partial charge in [0.25, 0.3) is 0 Å². The van der Waals surface area contributed by atoms with Gasteiger partial charge >= 0.3 is 5.97 Å². The summed E-state index contributed by atoms with van der Waals surface area (Å²) in [6, 6.07) is 8.59. The minimum atomic E-state index is -0.154. The lowest BCUT2D eigenvalue weighted by Gasteiger charge is -2.27. The van der Waals surface area contributed by atoms with Crippen molar-refractivity contribution in [1.29, 1.82) is 0 Å². The second kappa shape index (κ2) is 15.3. The fourth-order valence-electron chi connectivity index (χ4n) is 3.53. The van der Waals surface area contributed by atoms with Crippen LogP contribution in [0.15, 0.2) is 29.3 Å². The molecule has 0 amide bonds. The van der Waals surface area contributed by atoms with Crippen LogP contribution < -0.4 is 15.4 Å². The van der Waals surface area contributed by atoms with E-state index < -0.39 is 0 Å². The lowest BCUT2D eigenvalue weighted by atomic mass is 10.1. The number of ether oxygens (including phenoxy) is 2. The zero-order valence-corrected chi connectivity index (χ0v) is 20.8. The number of benzene rings is 1. The summed E-state index contributed by atoms with van der Waals surface area (Å²) in [4.78, 5) is 18.6. The molecule has 2 rings (SSSR count). The number of rotatable bonds is 11. The number of hydrogen-bond donors (Lipinski definition) is 2. The lowest BCUT2D eigenvalue weighted by Crippen LogP contribution is -2.39. The minimum absolute atomic E-state index is 0. The van der Waals surface area contributed by atoms with Crippen LogP contribution in [0.1, 0.15) is 50.6 Å². The van der Waals surface area contributed by atoms with Crippen LogP contribution in [0.2, 0.25) is 0 Å². The van der Waals surface area contributed by atoms with E-state index in [1.165, 1.54) is 25.5 Å². The molecule has 1 fully saturated rings. The van der Waals surface area contributed by atoms with Gasteiger partial charge in [-0.15, -0.1) is 24.0 Å². The van der Waals surface area contributed by atoms with Crippen LogP contribution in [0.25, 0.3) is 0 Å². The number of likely N-dealkylation sites (tertiary alicyclic amines) is 1. The first kappa shape index (κ1) is 26.5. The third-order valence-electron chi connectivity index (χ3n) is 5.18. The Morgan fingerprint density at radius 1 is 1.13 bits per heavy atom. The first-order valence-electron chi connectivity index (χ1n) is 10.6. The molecule has 0 saturated carbocycles. The van der Waals surface area contributed by atoms with Crippen molar-refractivity contribution in [3.8, 4) is 5.75 Å². The maximum atomic E-state index is 11.2. The summed E-state index contributed by atoms with van der Waals surface area (Å²) in [6.07, 6.45) is 4.65. The summed E-state index contributed by atoms with van der Waals surface area (Å²) in [7, 11) is 3.12. The summed E-state index contributed by atoms with van der Waals surface area (Å²) in [5.74, 6) is 1.54. The van der Waals surface area contributed by atoms with Crippen LogP contribution in [0.5, 0.6) is 5.75 Å². The van der Waals surface area contributed by atoms with Gasteiger partial charge in [-0.2, -0.15) is 0 Å². The Morgan fingerprint density at radius 3 is 2.43 bits per heavy atom. The molecule has 1 aliphatic rings. The average Bonchev–Trinajstić information content (AvgIpc) is 3.28. The monoisotopic (exact) mass is 532 g/mol. The number of carbonyl (C=O) groups excluding carboxylic acids is 1. The number of nitrogens with one attached hydrogen (secondary N) is 2. The van der Waals surface area contributed by atoms with Gasteiger partial charge in [0.15, 0.2) is 5.96 Å². The summed E-state index contributed by atoms with van der Waals surface area (Å²) in [5.41, 5.74) is 1.27. The SMILES string of the molecule is CCNC(=NCC(c1ccc(OC)cc1)N1CCCC1)NCCCCC(=O)OC.I. The number of nitrogens with zero attached hydrogens (tertiary/aromatic N) is 2. The Balaban J connectivity index is 0.00000450. The predicted octanol–water partition coefficient (Wildman–Crippen LogP) is 3.35. The molecule has 1 saturated heterocycles. The molecule has 1 unspecified atom stereocenters. The molecule has 1 aromatic rings. The van der Waals surface area contributed by atoms with Crippen molar-refractivity contribution >= 4 is 35.9 Å². The van der Waals surface area contributed by atoms with Gasteiger partial charge in [-0.1, -0.05) is 12.1 Å². The van der Waals surface area contributed by atoms with Crippen molar-refractivity contribution in [2.75, 3.05) is 46.9 Å². The number of hydrogen-bond acceptors (Lipinski definition) is 5. The first-order valence-corrected chi connectivity index (χ1v) is 10.6. The van der Waals surface area contributed by atoms with Gasteiger partial charge in [0.05, 0.1) is 26.8 Å². The molecular formula is C22H37IN4O3. The zero-order chi connectivity index (χ0) is 20.9. The fourth-order valence-corrected chi connectivity index (χ4v) is 3.53. The molecule has 0 aromatic heterocycles. The quantitative estimate of drug-likeness (QED) is 0.150. The molecule has 1 aliphatic heterocycles. The Kier molecular flexibility index (Phi) is 13.5. The number of halogens is 1. The maximum absolute atomic E-state index is 11.2. The summed E-state index contributed by atoms with van der Waals surface area (Å²) < 4.78 is 9.98. The molecule has 8 heteroatoms. The highest BCUT2D eigenvalue weighted by molar-refractivity contribution is 14.0. The molecule has 0 aliphatic carbocycles. The van der Waals surface area contributed by atoms with Crippen LogP contribution in [0.4, 0.5) is 0 Å². The highest BCUT2D eigenvalue weighted by atomic mass is 127. The second-order valence-electron chi connectivity index (χ2n) is 7.21. The highest BCUT2D eigenvalue weighted by Crippen LogP contribution is 2.27. The van der Waals surface area contributed by atoms with E-state index in [9.17, 15) is 4.79 Å². The average molecular weight is 532 g/mol. The van der Waals surface area contributed by atoms with E-state index in [2.05, 4.69) is 39.3 Å². The second-order valence-corrected chi connectivity index (χ2v) is 7.21. The third-order valence-corrected chi connectivity index (χ3v) is 5.18. The van der Waals surface area contributed by atoms with Gasteiger partial charge in [-0.05, 0) is 63.4 Å².